The van der Waals surface area contributed by atoms with E-state index in [1.165, 1.54) is 12.8 Å². The van der Waals surface area contributed by atoms with Crippen molar-refractivity contribution in [3.8, 4) is 0 Å². The Hall–Kier alpha value is -0.940. The highest BCUT2D eigenvalue weighted by molar-refractivity contribution is 4.86. The first-order chi connectivity index (χ1) is 9.53. The molecule has 0 spiro atoms. The lowest BCUT2D eigenvalue weighted by Crippen LogP contribution is -2.36. The fraction of sp³-hybridized carbons (Fsp3) is 0.867. The van der Waals surface area contributed by atoms with Gasteiger partial charge in [-0.1, -0.05) is 0 Å². The van der Waals surface area contributed by atoms with Crippen molar-refractivity contribution in [3.05, 3.63) is 11.8 Å². The van der Waals surface area contributed by atoms with E-state index in [2.05, 4.69) is 36.3 Å². The van der Waals surface area contributed by atoms with Crippen LogP contribution in [0.25, 0.3) is 0 Å². The summed E-state index contributed by atoms with van der Waals surface area (Å²) in [5.41, 5.74) is 0.165. The highest BCUT2D eigenvalue weighted by Crippen LogP contribution is 2.16. The van der Waals surface area contributed by atoms with Gasteiger partial charge in [0.05, 0.1) is 12.5 Å². The molecule has 1 aromatic rings. The number of ether oxygens (including phenoxy) is 1. The van der Waals surface area contributed by atoms with E-state index in [1.54, 1.807) is 0 Å². The Morgan fingerprint density at radius 2 is 2.00 bits per heavy atom. The molecule has 1 aromatic heterocycles. The van der Waals surface area contributed by atoms with Crippen molar-refractivity contribution in [2.45, 2.75) is 70.9 Å². The third kappa shape index (κ3) is 5.59. The molecule has 1 aliphatic heterocycles. The molecule has 20 heavy (non-hydrogen) atoms. The maximum absolute atomic E-state index is 5.69. The molecule has 114 valence electrons. The summed E-state index contributed by atoms with van der Waals surface area (Å²) < 4.78 is 11.4. The minimum atomic E-state index is 0.165. The second kappa shape index (κ2) is 7.18. The summed E-state index contributed by atoms with van der Waals surface area (Å²) in [7, 11) is 0. The molecule has 1 atom stereocenters. The number of aromatic nitrogens is 2. The molecule has 0 aromatic carbocycles. The molecule has 1 N–H and O–H groups in total. The Balaban J connectivity index is 1.69. The van der Waals surface area contributed by atoms with Gasteiger partial charge in [-0.15, -0.1) is 10.2 Å². The van der Waals surface area contributed by atoms with Crippen LogP contribution >= 0.6 is 0 Å². The fourth-order valence-electron chi connectivity index (χ4n) is 2.34. The van der Waals surface area contributed by atoms with Crippen LogP contribution in [-0.4, -0.2) is 35.0 Å². The molecule has 1 saturated heterocycles. The molecule has 1 fully saturated rings. The number of hydrogen-bond donors (Lipinski definition) is 1. The van der Waals surface area contributed by atoms with E-state index < -0.39 is 0 Å². The van der Waals surface area contributed by atoms with Gasteiger partial charge in [0, 0.05) is 18.6 Å². The van der Waals surface area contributed by atoms with E-state index in [1.807, 2.05) is 0 Å². The number of aryl methyl sites for hydroxylation is 1. The lowest BCUT2D eigenvalue weighted by Gasteiger charge is -2.20. The smallest absolute Gasteiger partial charge is 0.219 e. The summed E-state index contributed by atoms with van der Waals surface area (Å²) in [6, 6.07) is 0. The number of nitrogens with one attached hydrogen (secondary N) is 1. The van der Waals surface area contributed by atoms with Crippen LogP contribution in [-0.2, 0) is 17.6 Å². The van der Waals surface area contributed by atoms with E-state index in [0.717, 1.165) is 50.6 Å². The zero-order chi connectivity index (χ0) is 14.4. The maximum Gasteiger partial charge on any atom is 0.219 e. The van der Waals surface area contributed by atoms with Crippen LogP contribution in [0.2, 0.25) is 0 Å². The summed E-state index contributed by atoms with van der Waals surface area (Å²) in [6.45, 7) is 8.34. The summed E-state index contributed by atoms with van der Waals surface area (Å²) >= 11 is 0. The lowest BCUT2D eigenvalue weighted by molar-refractivity contribution is 0.0130. The summed E-state index contributed by atoms with van der Waals surface area (Å²) in [6.07, 6.45) is 6.39. The van der Waals surface area contributed by atoms with E-state index in [4.69, 9.17) is 9.15 Å². The van der Waals surface area contributed by atoms with Crippen LogP contribution in [0.1, 0.15) is 58.2 Å². The van der Waals surface area contributed by atoms with E-state index in [0.29, 0.717) is 0 Å². The molecule has 2 rings (SSSR count). The third-order valence-corrected chi connectivity index (χ3v) is 3.41. The molecular formula is C15H27N3O2. The van der Waals surface area contributed by atoms with Gasteiger partial charge in [0.2, 0.25) is 11.8 Å². The van der Waals surface area contributed by atoms with Crippen molar-refractivity contribution < 1.29 is 9.15 Å². The van der Waals surface area contributed by atoms with Crippen LogP contribution in [0.5, 0.6) is 0 Å². The minimum absolute atomic E-state index is 0.165. The van der Waals surface area contributed by atoms with Crippen molar-refractivity contribution in [2.75, 3.05) is 13.2 Å². The van der Waals surface area contributed by atoms with Gasteiger partial charge in [-0.3, -0.25) is 0 Å². The van der Waals surface area contributed by atoms with Gasteiger partial charge in [0.25, 0.3) is 0 Å². The van der Waals surface area contributed by atoms with Crippen LogP contribution in [0.3, 0.4) is 0 Å². The highest BCUT2D eigenvalue weighted by Gasteiger charge is 2.18. The average molecular weight is 281 g/mol. The molecular weight excluding hydrogens is 254 g/mol. The number of nitrogens with zero attached hydrogens (tertiary/aromatic N) is 2. The standard InChI is InChI=1S/C15H27N3O2/c1-15(2,3)16-9-6-8-13-17-18-14(20-13)11-12-7-4-5-10-19-12/h12,16H,4-11H2,1-3H3. The highest BCUT2D eigenvalue weighted by atomic mass is 16.5. The molecule has 0 amide bonds. The summed E-state index contributed by atoms with van der Waals surface area (Å²) in [4.78, 5) is 0. The maximum atomic E-state index is 5.69. The summed E-state index contributed by atoms with van der Waals surface area (Å²) in [5.74, 6) is 1.46. The van der Waals surface area contributed by atoms with Gasteiger partial charge in [-0.25, -0.2) is 0 Å². The Kier molecular flexibility index (Phi) is 5.54. The summed E-state index contributed by atoms with van der Waals surface area (Å²) in [5, 5.41) is 11.7. The van der Waals surface area contributed by atoms with Crippen molar-refractivity contribution in [1.29, 1.82) is 0 Å². The Labute approximate surface area is 121 Å². The molecule has 0 radical (unpaired) electrons. The van der Waals surface area contributed by atoms with Gasteiger partial charge in [-0.05, 0) is 53.0 Å². The Bertz CT molecular complexity index is 392. The van der Waals surface area contributed by atoms with Crippen LogP contribution < -0.4 is 5.32 Å². The fourth-order valence-corrected chi connectivity index (χ4v) is 2.34. The van der Waals surface area contributed by atoms with Crippen LogP contribution in [0.4, 0.5) is 0 Å². The normalized spacial score (nSPS) is 20.2. The van der Waals surface area contributed by atoms with Crippen molar-refractivity contribution in [2.24, 2.45) is 0 Å². The SMILES string of the molecule is CC(C)(C)NCCCc1nnc(CC2CCCCO2)o1. The monoisotopic (exact) mass is 281 g/mol. The van der Waals surface area contributed by atoms with Crippen LogP contribution in [0, 0.1) is 0 Å². The van der Waals surface area contributed by atoms with Crippen molar-refractivity contribution >= 4 is 0 Å². The zero-order valence-corrected chi connectivity index (χ0v) is 12.9. The molecule has 0 saturated carbocycles. The van der Waals surface area contributed by atoms with E-state index in [-0.39, 0.29) is 11.6 Å². The first-order valence-corrected chi connectivity index (χ1v) is 7.71. The molecule has 0 bridgehead atoms. The third-order valence-electron chi connectivity index (χ3n) is 3.41. The van der Waals surface area contributed by atoms with Gasteiger partial charge >= 0.3 is 0 Å². The molecule has 1 unspecified atom stereocenters. The zero-order valence-electron chi connectivity index (χ0n) is 12.9. The quantitative estimate of drug-likeness (QED) is 0.812. The van der Waals surface area contributed by atoms with Crippen molar-refractivity contribution in [1.82, 2.24) is 15.5 Å². The minimum Gasteiger partial charge on any atom is -0.425 e. The largest absolute Gasteiger partial charge is 0.425 e. The number of hydrogen-bond acceptors (Lipinski definition) is 5. The van der Waals surface area contributed by atoms with E-state index >= 15 is 0 Å². The molecule has 1 aliphatic rings. The molecule has 5 nitrogen and oxygen atoms in total. The molecule has 5 heteroatoms. The predicted octanol–water partition coefficient (Wildman–Crippen LogP) is 2.50. The Morgan fingerprint density at radius 3 is 2.70 bits per heavy atom. The van der Waals surface area contributed by atoms with Gasteiger partial charge < -0.3 is 14.5 Å². The van der Waals surface area contributed by atoms with Crippen molar-refractivity contribution in [3.63, 3.8) is 0 Å². The topological polar surface area (TPSA) is 60.2 Å². The average Bonchev–Trinajstić information content (AvgIpc) is 2.82. The molecule has 0 aliphatic carbocycles. The van der Waals surface area contributed by atoms with Gasteiger partial charge in [-0.2, -0.15) is 0 Å². The first kappa shape index (κ1) is 15.4. The Morgan fingerprint density at radius 1 is 1.20 bits per heavy atom. The van der Waals surface area contributed by atoms with E-state index in [9.17, 15) is 0 Å². The van der Waals surface area contributed by atoms with Gasteiger partial charge in [0.1, 0.15) is 0 Å². The second-order valence-electron chi connectivity index (χ2n) is 6.56. The first-order valence-electron chi connectivity index (χ1n) is 7.71. The predicted molar refractivity (Wildman–Crippen MR) is 77.7 cm³/mol. The second-order valence-corrected chi connectivity index (χ2v) is 6.56. The molecule has 2 heterocycles. The van der Waals surface area contributed by atoms with Crippen LogP contribution in [0.15, 0.2) is 4.42 Å². The lowest BCUT2D eigenvalue weighted by atomic mass is 10.1. The number of rotatable bonds is 6. The van der Waals surface area contributed by atoms with Gasteiger partial charge in [0.15, 0.2) is 0 Å².